The lowest BCUT2D eigenvalue weighted by atomic mass is 9.68. The second-order valence-electron chi connectivity index (χ2n) is 12.9. The number of aliphatic hydroxyl groups excluding tert-OH is 2. The average molecular weight is 599 g/mol. The van der Waals surface area contributed by atoms with E-state index in [1.165, 1.54) is 89.7 Å². The van der Waals surface area contributed by atoms with Crippen molar-refractivity contribution in [1.82, 2.24) is 0 Å². The van der Waals surface area contributed by atoms with E-state index in [0.29, 0.717) is 17.9 Å². The zero-order valence-corrected chi connectivity index (χ0v) is 27.1. The van der Waals surface area contributed by atoms with Crippen LogP contribution in [0.4, 0.5) is 0 Å². The summed E-state index contributed by atoms with van der Waals surface area (Å²) in [7, 11) is 1.54. The molecule has 2 atom stereocenters. The van der Waals surface area contributed by atoms with Gasteiger partial charge in [0, 0.05) is 18.6 Å². The summed E-state index contributed by atoms with van der Waals surface area (Å²) in [6.45, 7) is 8.08. The van der Waals surface area contributed by atoms with Gasteiger partial charge < -0.3 is 24.4 Å². The second-order valence-corrected chi connectivity index (χ2v) is 12.9. The number of methoxy groups -OCH3 is 1. The van der Waals surface area contributed by atoms with E-state index >= 15 is 0 Å². The number of allylic oxidation sites excluding steroid dienone is 1. The van der Waals surface area contributed by atoms with Crippen LogP contribution < -0.4 is 0 Å². The highest BCUT2D eigenvalue weighted by Crippen LogP contribution is 2.44. The van der Waals surface area contributed by atoms with Gasteiger partial charge in [-0.3, -0.25) is 0 Å². The first-order valence-electron chi connectivity index (χ1n) is 16.9. The molecule has 43 heavy (non-hydrogen) atoms. The van der Waals surface area contributed by atoms with Gasteiger partial charge in [0.2, 0.25) is 0 Å². The van der Waals surface area contributed by atoms with Crippen molar-refractivity contribution in [2.45, 2.75) is 115 Å². The minimum Gasteiger partial charge on any atom is -0.462 e. The SMILES string of the molecule is C=C(COC)C(O)OCC(COC(=O)/C(=C/CC)CO)c1ccc(C2CCC(C3CCC(CCCCC)CC3)CC2)cc1. The van der Waals surface area contributed by atoms with Gasteiger partial charge in [0.25, 0.3) is 0 Å². The number of rotatable bonds is 18. The van der Waals surface area contributed by atoms with Crippen LogP contribution >= 0.6 is 0 Å². The average Bonchev–Trinajstić information content (AvgIpc) is 3.04. The summed E-state index contributed by atoms with van der Waals surface area (Å²) in [4.78, 5) is 12.5. The van der Waals surface area contributed by atoms with Crippen molar-refractivity contribution < 1.29 is 29.2 Å². The van der Waals surface area contributed by atoms with Crippen molar-refractivity contribution in [2.24, 2.45) is 17.8 Å². The van der Waals surface area contributed by atoms with Crippen molar-refractivity contribution in [2.75, 3.05) is 33.5 Å². The van der Waals surface area contributed by atoms with E-state index < -0.39 is 12.3 Å². The molecule has 0 spiro atoms. The van der Waals surface area contributed by atoms with Crippen LogP contribution in [0.5, 0.6) is 0 Å². The summed E-state index contributed by atoms with van der Waals surface area (Å²) in [6.07, 6.45) is 17.7. The number of unbranched alkanes of at least 4 members (excludes halogenated alkanes) is 2. The van der Waals surface area contributed by atoms with Crippen LogP contribution in [-0.2, 0) is 19.0 Å². The molecule has 0 heterocycles. The lowest BCUT2D eigenvalue weighted by Gasteiger charge is -2.38. The Labute approximate surface area is 260 Å². The fourth-order valence-corrected chi connectivity index (χ4v) is 7.15. The van der Waals surface area contributed by atoms with Crippen molar-refractivity contribution in [3.8, 4) is 0 Å². The normalized spacial score (nSPS) is 24.3. The van der Waals surface area contributed by atoms with Crippen LogP contribution in [0.1, 0.15) is 120 Å². The molecule has 2 aliphatic carbocycles. The molecule has 2 saturated carbocycles. The molecule has 0 radical (unpaired) electrons. The van der Waals surface area contributed by atoms with Crippen LogP contribution in [0.15, 0.2) is 48.1 Å². The smallest absolute Gasteiger partial charge is 0.336 e. The summed E-state index contributed by atoms with van der Waals surface area (Å²) in [5, 5.41) is 19.9. The number of carbonyl (C=O) groups is 1. The zero-order valence-electron chi connectivity index (χ0n) is 27.1. The molecule has 0 amide bonds. The van der Waals surface area contributed by atoms with Crippen LogP contribution in [-0.4, -0.2) is 56.0 Å². The topological polar surface area (TPSA) is 85.2 Å². The molecular weight excluding hydrogens is 540 g/mol. The maximum atomic E-state index is 12.5. The summed E-state index contributed by atoms with van der Waals surface area (Å²) < 4.78 is 16.3. The molecule has 2 aliphatic rings. The van der Waals surface area contributed by atoms with Gasteiger partial charge in [0.15, 0.2) is 6.29 Å². The van der Waals surface area contributed by atoms with Crippen LogP contribution in [0.25, 0.3) is 0 Å². The van der Waals surface area contributed by atoms with Gasteiger partial charge >= 0.3 is 5.97 Å². The van der Waals surface area contributed by atoms with Gasteiger partial charge in [-0.25, -0.2) is 4.79 Å². The lowest BCUT2D eigenvalue weighted by Crippen LogP contribution is -2.25. The number of aliphatic hydroxyl groups is 2. The highest BCUT2D eigenvalue weighted by atomic mass is 16.6. The Kier molecular flexibility index (Phi) is 16.0. The molecule has 6 heteroatoms. The van der Waals surface area contributed by atoms with Crippen LogP contribution in [0.3, 0.4) is 0 Å². The van der Waals surface area contributed by atoms with E-state index in [-0.39, 0.29) is 37.9 Å². The van der Waals surface area contributed by atoms with Crippen molar-refractivity contribution in [1.29, 1.82) is 0 Å². The van der Waals surface area contributed by atoms with Gasteiger partial charge in [-0.05, 0) is 79.7 Å². The lowest BCUT2D eigenvalue weighted by molar-refractivity contribution is -0.141. The van der Waals surface area contributed by atoms with Crippen LogP contribution in [0.2, 0.25) is 0 Å². The standard InChI is InChI=1S/C37H58O6/c1-5-7-8-10-28-11-13-29(14-12-28)30-15-17-31(18-16-30)32-19-21-33(22-20-32)35(25-42-36(39)27(3)24-41-4)26-43-37(40)34(23-38)9-6-2/h9,19-22,28-31,35-36,38-39H,3,5-8,10-18,23-26H2,1-2,4H3/b34-9+. The number of carbonyl (C=O) groups excluding carboxylic acids is 1. The number of ether oxygens (including phenoxy) is 3. The monoisotopic (exact) mass is 598 g/mol. The molecule has 1 aromatic carbocycles. The fourth-order valence-electron chi connectivity index (χ4n) is 7.15. The summed E-state index contributed by atoms with van der Waals surface area (Å²) in [5.74, 6) is 2.59. The Morgan fingerprint density at radius 1 is 0.977 bits per heavy atom. The Hall–Kier alpha value is -1.99. The van der Waals surface area contributed by atoms with E-state index in [0.717, 1.165) is 23.3 Å². The third-order valence-electron chi connectivity index (χ3n) is 9.86. The summed E-state index contributed by atoms with van der Waals surface area (Å²) >= 11 is 0. The first-order chi connectivity index (χ1) is 20.9. The minimum atomic E-state index is -1.17. The molecule has 0 aromatic heterocycles. The first-order valence-corrected chi connectivity index (χ1v) is 16.9. The Morgan fingerprint density at radius 3 is 2.21 bits per heavy atom. The largest absolute Gasteiger partial charge is 0.462 e. The summed E-state index contributed by atoms with van der Waals surface area (Å²) in [5.41, 5.74) is 3.04. The third-order valence-corrected chi connectivity index (χ3v) is 9.86. The predicted octanol–water partition coefficient (Wildman–Crippen LogP) is 7.84. The highest BCUT2D eigenvalue weighted by Gasteiger charge is 2.31. The number of esters is 1. The second kappa shape index (κ2) is 19.4. The number of hydrogen-bond acceptors (Lipinski definition) is 6. The maximum absolute atomic E-state index is 12.5. The van der Waals surface area contributed by atoms with Gasteiger partial charge in [-0.2, -0.15) is 0 Å². The fraction of sp³-hybridized carbons (Fsp3) is 0.703. The first kappa shape index (κ1) is 35.5. The Bertz CT molecular complexity index is 969. The third kappa shape index (κ3) is 11.5. The van der Waals surface area contributed by atoms with Crippen molar-refractivity contribution in [3.63, 3.8) is 0 Å². The zero-order chi connectivity index (χ0) is 31.0. The molecule has 1 aromatic rings. The maximum Gasteiger partial charge on any atom is 0.336 e. The molecule has 6 nitrogen and oxygen atoms in total. The van der Waals surface area contributed by atoms with E-state index in [4.69, 9.17) is 14.2 Å². The Morgan fingerprint density at radius 2 is 1.63 bits per heavy atom. The van der Waals surface area contributed by atoms with Gasteiger partial charge in [-0.1, -0.05) is 89.3 Å². The van der Waals surface area contributed by atoms with E-state index in [1.54, 1.807) is 6.08 Å². The quantitative estimate of drug-likeness (QED) is 0.0589. The molecule has 0 bridgehead atoms. The number of hydrogen-bond donors (Lipinski definition) is 2. The molecule has 0 aliphatic heterocycles. The van der Waals surface area contributed by atoms with Crippen molar-refractivity contribution >= 4 is 5.97 Å². The van der Waals surface area contributed by atoms with Gasteiger partial charge in [0.1, 0.15) is 6.61 Å². The summed E-state index contributed by atoms with van der Waals surface area (Å²) in [6, 6.07) is 8.64. The molecule has 3 rings (SSSR count). The molecular formula is C37H58O6. The van der Waals surface area contributed by atoms with E-state index in [1.807, 2.05) is 6.92 Å². The van der Waals surface area contributed by atoms with E-state index in [9.17, 15) is 15.0 Å². The Balaban J connectivity index is 1.55. The highest BCUT2D eigenvalue weighted by molar-refractivity contribution is 5.88. The van der Waals surface area contributed by atoms with Crippen LogP contribution in [0, 0.1) is 17.8 Å². The predicted molar refractivity (Wildman–Crippen MR) is 173 cm³/mol. The van der Waals surface area contributed by atoms with Gasteiger partial charge in [-0.15, -0.1) is 0 Å². The molecule has 2 fully saturated rings. The molecule has 0 saturated heterocycles. The number of benzene rings is 1. The minimum absolute atomic E-state index is 0.0780. The van der Waals surface area contributed by atoms with E-state index in [2.05, 4.69) is 37.8 Å². The van der Waals surface area contributed by atoms with Crippen molar-refractivity contribution in [3.05, 3.63) is 59.2 Å². The molecule has 2 N–H and O–H groups in total. The van der Waals surface area contributed by atoms with Gasteiger partial charge in [0.05, 0.1) is 25.4 Å². The molecule has 2 unspecified atom stereocenters. The molecule has 242 valence electrons.